The molecule has 1 aromatic heterocycles. The zero-order chi connectivity index (χ0) is 29.6. The third-order valence-corrected chi connectivity index (χ3v) is 8.25. The van der Waals surface area contributed by atoms with Gasteiger partial charge in [0.1, 0.15) is 0 Å². The van der Waals surface area contributed by atoms with Gasteiger partial charge in [0.05, 0.1) is 32.0 Å². The van der Waals surface area contributed by atoms with Crippen molar-refractivity contribution in [3.63, 3.8) is 0 Å². The monoisotopic (exact) mass is 545 g/mol. The average molecular weight is 546 g/mol. The van der Waals surface area contributed by atoms with Gasteiger partial charge in [-0.05, 0) is 47.6 Å². The second kappa shape index (κ2) is 16.1. The standard InChI is InChI=1S/C32H55N3O4/c1-10-29(3,4)15-13-16-32(9,11-2)31(7,8)25-30(5,6)28(37)35-19-21-39-23-22-38-20-18-34-27(36)26-14-12-17-33-24-26/h12-14,16-17,24H,10-11,15,18-23,25H2,1-9H3,(H,34,36)(H,35,37). The zero-order valence-electron chi connectivity index (χ0n) is 26.1. The highest BCUT2D eigenvalue weighted by Crippen LogP contribution is 2.50. The van der Waals surface area contributed by atoms with Crippen molar-refractivity contribution in [1.82, 2.24) is 15.6 Å². The van der Waals surface area contributed by atoms with E-state index in [-0.39, 0.29) is 22.6 Å². The summed E-state index contributed by atoms with van der Waals surface area (Å²) in [5.74, 6) is -0.119. The Morgan fingerprint density at radius 3 is 2.05 bits per heavy atom. The number of ether oxygens (including phenoxy) is 2. The summed E-state index contributed by atoms with van der Waals surface area (Å²) in [5, 5.41) is 5.84. The molecule has 0 saturated carbocycles. The van der Waals surface area contributed by atoms with Crippen molar-refractivity contribution in [2.45, 2.75) is 88.0 Å². The Morgan fingerprint density at radius 1 is 0.897 bits per heavy atom. The Bertz CT molecular complexity index is 896. The fourth-order valence-corrected chi connectivity index (χ4v) is 4.63. The predicted molar refractivity (Wildman–Crippen MR) is 160 cm³/mol. The first kappa shape index (κ1) is 34.8. The van der Waals surface area contributed by atoms with Gasteiger partial charge < -0.3 is 20.1 Å². The van der Waals surface area contributed by atoms with E-state index < -0.39 is 5.41 Å². The molecule has 0 aliphatic heterocycles. The molecule has 0 aromatic carbocycles. The maximum absolute atomic E-state index is 13.1. The number of nitrogens with one attached hydrogen (secondary N) is 2. The lowest BCUT2D eigenvalue weighted by molar-refractivity contribution is -0.132. The van der Waals surface area contributed by atoms with Crippen LogP contribution in [-0.2, 0) is 14.3 Å². The molecule has 39 heavy (non-hydrogen) atoms. The summed E-state index contributed by atoms with van der Waals surface area (Å²) in [6.07, 6.45) is 11.9. The molecule has 0 fully saturated rings. The van der Waals surface area contributed by atoms with Crippen molar-refractivity contribution >= 4 is 11.8 Å². The lowest BCUT2D eigenvalue weighted by Gasteiger charge is -2.46. The van der Waals surface area contributed by atoms with Crippen LogP contribution in [0.25, 0.3) is 0 Å². The second-order valence-electron chi connectivity index (χ2n) is 12.8. The van der Waals surface area contributed by atoms with Gasteiger partial charge in [0.2, 0.25) is 5.91 Å². The topological polar surface area (TPSA) is 89.5 Å². The SMILES string of the molecule is CCC(C)(C)CC=CC(C)(CC)C(C)(C)CC(C)(C)C(=O)NCCOCCOCCNC(=O)c1cccnc1. The van der Waals surface area contributed by atoms with Gasteiger partial charge in [-0.1, -0.05) is 80.9 Å². The molecular weight excluding hydrogens is 490 g/mol. The predicted octanol–water partition coefficient (Wildman–Crippen LogP) is 6.20. The number of carbonyl (C=O) groups excluding carboxylic acids is 2. The highest BCUT2D eigenvalue weighted by molar-refractivity contribution is 5.93. The molecule has 0 aliphatic rings. The first-order chi connectivity index (χ1) is 18.2. The van der Waals surface area contributed by atoms with Crippen molar-refractivity contribution < 1.29 is 19.1 Å². The molecule has 1 heterocycles. The number of hydrogen-bond acceptors (Lipinski definition) is 5. The maximum atomic E-state index is 13.1. The van der Waals surface area contributed by atoms with Gasteiger partial charge in [-0.3, -0.25) is 14.6 Å². The van der Waals surface area contributed by atoms with E-state index in [2.05, 4.69) is 76.2 Å². The molecule has 222 valence electrons. The fraction of sp³-hybridized carbons (Fsp3) is 0.719. The molecule has 7 nitrogen and oxygen atoms in total. The summed E-state index contributed by atoms with van der Waals surface area (Å²) in [6.45, 7) is 22.6. The van der Waals surface area contributed by atoms with E-state index in [4.69, 9.17) is 9.47 Å². The Labute approximate surface area is 237 Å². The quantitative estimate of drug-likeness (QED) is 0.160. The number of nitrogens with zero attached hydrogens (tertiary/aromatic N) is 1. The molecule has 2 N–H and O–H groups in total. The minimum Gasteiger partial charge on any atom is -0.377 e. The molecule has 0 bridgehead atoms. The molecule has 7 heteroatoms. The van der Waals surface area contributed by atoms with Gasteiger partial charge >= 0.3 is 0 Å². The van der Waals surface area contributed by atoms with Crippen LogP contribution in [0.2, 0.25) is 0 Å². The molecule has 0 radical (unpaired) electrons. The number of rotatable bonds is 19. The van der Waals surface area contributed by atoms with Crippen molar-refractivity contribution in [2.24, 2.45) is 21.7 Å². The molecular formula is C32H55N3O4. The van der Waals surface area contributed by atoms with Crippen LogP contribution in [-0.4, -0.2) is 56.3 Å². The summed E-state index contributed by atoms with van der Waals surface area (Å²) < 4.78 is 11.1. The number of hydrogen-bond donors (Lipinski definition) is 2. The fourth-order valence-electron chi connectivity index (χ4n) is 4.63. The number of aromatic nitrogens is 1. The molecule has 0 spiro atoms. The van der Waals surface area contributed by atoms with E-state index in [0.717, 1.165) is 25.7 Å². The first-order valence-corrected chi connectivity index (χ1v) is 14.5. The van der Waals surface area contributed by atoms with E-state index in [1.165, 1.54) is 6.20 Å². The molecule has 1 atom stereocenters. The minimum absolute atomic E-state index is 0.000947. The Kier molecular flexibility index (Phi) is 14.4. The summed E-state index contributed by atoms with van der Waals surface area (Å²) >= 11 is 0. The van der Waals surface area contributed by atoms with E-state index in [0.29, 0.717) is 50.5 Å². The zero-order valence-corrected chi connectivity index (χ0v) is 26.1. The van der Waals surface area contributed by atoms with Gasteiger partial charge in [0.25, 0.3) is 5.91 Å². The number of carbonyl (C=O) groups is 2. The van der Waals surface area contributed by atoms with E-state index in [9.17, 15) is 9.59 Å². The summed E-state index contributed by atoms with van der Waals surface area (Å²) in [6, 6.07) is 3.44. The van der Waals surface area contributed by atoms with Crippen LogP contribution in [0.1, 0.15) is 98.4 Å². The molecule has 1 unspecified atom stereocenters. The van der Waals surface area contributed by atoms with Gasteiger partial charge in [0.15, 0.2) is 0 Å². The molecule has 0 saturated heterocycles. The van der Waals surface area contributed by atoms with Crippen molar-refractivity contribution in [1.29, 1.82) is 0 Å². The van der Waals surface area contributed by atoms with Crippen molar-refractivity contribution in [3.8, 4) is 0 Å². The van der Waals surface area contributed by atoms with Crippen LogP contribution in [0, 0.1) is 21.7 Å². The molecule has 2 amide bonds. The normalized spacial score (nSPS) is 14.3. The largest absolute Gasteiger partial charge is 0.377 e. The van der Waals surface area contributed by atoms with E-state index in [1.54, 1.807) is 18.3 Å². The third-order valence-electron chi connectivity index (χ3n) is 8.25. The van der Waals surface area contributed by atoms with Crippen LogP contribution < -0.4 is 10.6 Å². The lowest BCUT2D eigenvalue weighted by Crippen LogP contribution is -2.44. The van der Waals surface area contributed by atoms with Gasteiger partial charge in [0, 0.05) is 30.9 Å². The van der Waals surface area contributed by atoms with Crippen molar-refractivity contribution in [2.75, 3.05) is 39.5 Å². The van der Waals surface area contributed by atoms with Gasteiger partial charge in [-0.2, -0.15) is 0 Å². The van der Waals surface area contributed by atoms with Crippen LogP contribution >= 0.6 is 0 Å². The van der Waals surface area contributed by atoms with Gasteiger partial charge in [-0.15, -0.1) is 0 Å². The Balaban J connectivity index is 2.34. The summed E-state index contributed by atoms with van der Waals surface area (Å²) in [4.78, 5) is 28.9. The van der Waals surface area contributed by atoms with Crippen LogP contribution in [0.15, 0.2) is 36.7 Å². The Morgan fingerprint density at radius 2 is 1.51 bits per heavy atom. The van der Waals surface area contributed by atoms with Crippen LogP contribution in [0.4, 0.5) is 0 Å². The van der Waals surface area contributed by atoms with Crippen molar-refractivity contribution in [3.05, 3.63) is 42.2 Å². The highest BCUT2D eigenvalue weighted by Gasteiger charge is 2.43. The number of pyridine rings is 1. The third kappa shape index (κ3) is 12.2. The second-order valence-corrected chi connectivity index (χ2v) is 12.8. The maximum Gasteiger partial charge on any atom is 0.252 e. The average Bonchev–Trinajstić information content (AvgIpc) is 2.88. The lowest BCUT2D eigenvalue weighted by atomic mass is 9.59. The van der Waals surface area contributed by atoms with Crippen LogP contribution in [0.3, 0.4) is 0 Å². The van der Waals surface area contributed by atoms with E-state index in [1.807, 2.05) is 13.8 Å². The van der Waals surface area contributed by atoms with Crippen LogP contribution in [0.5, 0.6) is 0 Å². The smallest absolute Gasteiger partial charge is 0.252 e. The number of amides is 2. The summed E-state index contributed by atoms with van der Waals surface area (Å²) in [7, 11) is 0. The molecule has 1 rings (SSSR count). The molecule has 1 aromatic rings. The summed E-state index contributed by atoms with van der Waals surface area (Å²) in [5.41, 5.74) is 0.276. The number of allylic oxidation sites excluding steroid dienone is 2. The minimum atomic E-state index is -0.500. The Hall–Kier alpha value is -2.25. The molecule has 0 aliphatic carbocycles. The van der Waals surface area contributed by atoms with E-state index >= 15 is 0 Å². The first-order valence-electron chi connectivity index (χ1n) is 14.5. The van der Waals surface area contributed by atoms with Gasteiger partial charge in [-0.25, -0.2) is 0 Å². The highest BCUT2D eigenvalue weighted by atomic mass is 16.5.